The van der Waals surface area contributed by atoms with Gasteiger partial charge in [-0.05, 0) is 25.6 Å². The van der Waals surface area contributed by atoms with Crippen molar-refractivity contribution in [2.45, 2.75) is 19.9 Å². The molecule has 1 amide bonds. The first-order valence-corrected chi connectivity index (χ1v) is 7.00. The Morgan fingerprint density at radius 1 is 1.30 bits per heavy atom. The van der Waals surface area contributed by atoms with Crippen molar-refractivity contribution in [2.24, 2.45) is 0 Å². The first kappa shape index (κ1) is 14.8. The minimum Gasteiger partial charge on any atom is -0.365 e. The molecule has 20 heavy (non-hydrogen) atoms. The van der Waals surface area contributed by atoms with Gasteiger partial charge in [0.15, 0.2) is 0 Å². The van der Waals surface area contributed by atoms with Gasteiger partial charge in [-0.25, -0.2) is 4.39 Å². The SMILES string of the molecule is CNC(C)c1cccc(F)c1N1CCN(C(C)=O)CC1. The Balaban J connectivity index is 2.23. The zero-order valence-corrected chi connectivity index (χ0v) is 12.3. The van der Waals surface area contributed by atoms with Crippen molar-refractivity contribution < 1.29 is 9.18 Å². The second kappa shape index (κ2) is 6.22. The van der Waals surface area contributed by atoms with E-state index in [-0.39, 0.29) is 17.8 Å². The van der Waals surface area contributed by atoms with Crippen molar-refractivity contribution in [3.63, 3.8) is 0 Å². The molecule has 1 saturated heterocycles. The lowest BCUT2D eigenvalue weighted by molar-refractivity contribution is -0.129. The van der Waals surface area contributed by atoms with Crippen LogP contribution in [0.5, 0.6) is 0 Å². The Bertz CT molecular complexity index is 484. The van der Waals surface area contributed by atoms with Gasteiger partial charge in [0.1, 0.15) is 5.82 Å². The largest absolute Gasteiger partial charge is 0.365 e. The maximum Gasteiger partial charge on any atom is 0.219 e. The van der Waals surface area contributed by atoms with Gasteiger partial charge in [-0.15, -0.1) is 0 Å². The number of rotatable bonds is 3. The number of piperazine rings is 1. The molecule has 1 heterocycles. The standard InChI is InChI=1S/C15H22FN3O/c1-11(17-3)13-5-4-6-14(16)15(13)19-9-7-18(8-10-19)12(2)20/h4-6,11,17H,7-10H2,1-3H3. The summed E-state index contributed by atoms with van der Waals surface area (Å²) in [5, 5.41) is 3.16. The molecule has 1 aliphatic rings. The summed E-state index contributed by atoms with van der Waals surface area (Å²) in [6.07, 6.45) is 0. The normalized spacial score (nSPS) is 17.2. The Kier molecular flexibility index (Phi) is 4.60. The highest BCUT2D eigenvalue weighted by Gasteiger charge is 2.24. The predicted molar refractivity (Wildman–Crippen MR) is 78.3 cm³/mol. The summed E-state index contributed by atoms with van der Waals surface area (Å²) in [6.45, 7) is 6.24. The third-order valence-electron chi connectivity index (χ3n) is 3.96. The van der Waals surface area contributed by atoms with Crippen molar-refractivity contribution in [1.29, 1.82) is 0 Å². The number of carbonyl (C=O) groups is 1. The zero-order valence-electron chi connectivity index (χ0n) is 12.3. The van der Waals surface area contributed by atoms with Crippen LogP contribution in [0, 0.1) is 5.82 Å². The molecule has 0 bridgehead atoms. The van der Waals surface area contributed by atoms with Crippen molar-refractivity contribution in [1.82, 2.24) is 10.2 Å². The summed E-state index contributed by atoms with van der Waals surface area (Å²) < 4.78 is 14.2. The molecular formula is C15H22FN3O. The smallest absolute Gasteiger partial charge is 0.219 e. The van der Waals surface area contributed by atoms with Crippen molar-refractivity contribution in [3.8, 4) is 0 Å². The summed E-state index contributed by atoms with van der Waals surface area (Å²) in [6, 6.07) is 5.29. The summed E-state index contributed by atoms with van der Waals surface area (Å²) in [7, 11) is 1.87. The van der Waals surface area contributed by atoms with E-state index in [2.05, 4.69) is 5.32 Å². The molecule has 1 aliphatic heterocycles. The van der Waals surface area contributed by atoms with Crippen LogP contribution < -0.4 is 10.2 Å². The molecule has 1 fully saturated rings. The van der Waals surface area contributed by atoms with E-state index in [0.29, 0.717) is 31.9 Å². The first-order valence-electron chi connectivity index (χ1n) is 7.00. The first-order chi connectivity index (χ1) is 9.54. The van der Waals surface area contributed by atoms with Crippen LogP contribution in [0.1, 0.15) is 25.5 Å². The number of halogens is 1. The lowest BCUT2D eigenvalue weighted by Gasteiger charge is -2.37. The van der Waals surface area contributed by atoms with Gasteiger partial charge in [0.05, 0.1) is 5.69 Å². The van der Waals surface area contributed by atoms with E-state index in [0.717, 1.165) is 5.56 Å². The van der Waals surface area contributed by atoms with Crippen LogP contribution in [0.15, 0.2) is 18.2 Å². The van der Waals surface area contributed by atoms with E-state index in [1.165, 1.54) is 6.07 Å². The molecule has 1 N–H and O–H groups in total. The fourth-order valence-electron chi connectivity index (χ4n) is 2.62. The Morgan fingerprint density at radius 2 is 1.95 bits per heavy atom. The van der Waals surface area contributed by atoms with Gasteiger partial charge in [0.25, 0.3) is 0 Å². The molecule has 5 heteroatoms. The van der Waals surface area contributed by atoms with E-state index < -0.39 is 0 Å². The average molecular weight is 279 g/mol. The van der Waals surface area contributed by atoms with Crippen LogP contribution in [0.3, 0.4) is 0 Å². The Hall–Kier alpha value is -1.62. The van der Waals surface area contributed by atoms with Gasteiger partial charge in [0, 0.05) is 39.1 Å². The molecule has 110 valence electrons. The number of nitrogens with one attached hydrogen (secondary N) is 1. The zero-order chi connectivity index (χ0) is 14.7. The lowest BCUT2D eigenvalue weighted by Crippen LogP contribution is -2.48. The number of benzene rings is 1. The molecule has 2 rings (SSSR count). The summed E-state index contributed by atoms with van der Waals surface area (Å²) in [4.78, 5) is 15.2. The number of hydrogen-bond donors (Lipinski definition) is 1. The van der Waals surface area contributed by atoms with Gasteiger partial charge in [-0.1, -0.05) is 12.1 Å². The second-order valence-corrected chi connectivity index (χ2v) is 5.18. The van der Waals surface area contributed by atoms with Gasteiger partial charge in [0.2, 0.25) is 5.91 Å². The minimum absolute atomic E-state index is 0.0852. The average Bonchev–Trinajstić information content (AvgIpc) is 2.46. The molecule has 0 aliphatic carbocycles. The lowest BCUT2D eigenvalue weighted by atomic mass is 10.0. The quantitative estimate of drug-likeness (QED) is 0.916. The third kappa shape index (κ3) is 2.93. The van der Waals surface area contributed by atoms with Gasteiger partial charge in [-0.2, -0.15) is 0 Å². The maximum atomic E-state index is 14.2. The number of anilines is 1. The van der Waals surface area contributed by atoms with Gasteiger partial charge in [-0.3, -0.25) is 4.79 Å². The van der Waals surface area contributed by atoms with Crippen LogP contribution in [-0.4, -0.2) is 44.0 Å². The van der Waals surface area contributed by atoms with Crippen molar-refractivity contribution in [3.05, 3.63) is 29.6 Å². The van der Waals surface area contributed by atoms with E-state index in [1.807, 2.05) is 24.9 Å². The number of nitrogens with zero attached hydrogens (tertiary/aromatic N) is 2. The van der Waals surface area contributed by atoms with Crippen LogP contribution >= 0.6 is 0 Å². The molecule has 4 nitrogen and oxygen atoms in total. The second-order valence-electron chi connectivity index (χ2n) is 5.18. The van der Waals surface area contributed by atoms with Crippen LogP contribution in [0.4, 0.5) is 10.1 Å². The van der Waals surface area contributed by atoms with Crippen molar-refractivity contribution in [2.75, 3.05) is 38.1 Å². The summed E-state index contributed by atoms with van der Waals surface area (Å²) in [5.74, 6) is -0.108. The highest BCUT2D eigenvalue weighted by atomic mass is 19.1. The molecule has 1 atom stereocenters. The number of carbonyl (C=O) groups excluding carboxylic acids is 1. The maximum absolute atomic E-state index is 14.2. The number of para-hydroxylation sites is 1. The molecule has 0 spiro atoms. The highest BCUT2D eigenvalue weighted by molar-refractivity contribution is 5.73. The van der Waals surface area contributed by atoms with Crippen LogP contribution in [-0.2, 0) is 4.79 Å². The highest BCUT2D eigenvalue weighted by Crippen LogP contribution is 2.30. The Morgan fingerprint density at radius 3 is 2.50 bits per heavy atom. The third-order valence-corrected chi connectivity index (χ3v) is 3.96. The number of amides is 1. The van der Waals surface area contributed by atoms with E-state index in [1.54, 1.807) is 17.9 Å². The minimum atomic E-state index is -0.194. The van der Waals surface area contributed by atoms with Crippen LogP contribution in [0.2, 0.25) is 0 Å². The molecule has 0 saturated carbocycles. The van der Waals surface area contributed by atoms with E-state index in [4.69, 9.17) is 0 Å². The predicted octanol–water partition coefficient (Wildman–Crippen LogP) is 1.77. The van der Waals surface area contributed by atoms with Gasteiger partial charge >= 0.3 is 0 Å². The van der Waals surface area contributed by atoms with Crippen LogP contribution in [0.25, 0.3) is 0 Å². The van der Waals surface area contributed by atoms with E-state index >= 15 is 0 Å². The van der Waals surface area contributed by atoms with Gasteiger partial charge < -0.3 is 15.1 Å². The molecule has 0 radical (unpaired) electrons. The summed E-state index contributed by atoms with van der Waals surface area (Å²) in [5.41, 5.74) is 1.63. The molecule has 0 aromatic heterocycles. The molecular weight excluding hydrogens is 257 g/mol. The Labute approximate surface area is 119 Å². The van der Waals surface area contributed by atoms with E-state index in [9.17, 15) is 9.18 Å². The fourth-order valence-corrected chi connectivity index (χ4v) is 2.62. The summed E-state index contributed by atoms with van der Waals surface area (Å²) >= 11 is 0. The monoisotopic (exact) mass is 279 g/mol. The number of hydrogen-bond acceptors (Lipinski definition) is 3. The topological polar surface area (TPSA) is 35.6 Å². The molecule has 1 unspecified atom stereocenters. The molecule has 1 aromatic carbocycles. The van der Waals surface area contributed by atoms with Crippen molar-refractivity contribution >= 4 is 11.6 Å². The fraction of sp³-hybridized carbons (Fsp3) is 0.533. The molecule has 1 aromatic rings.